The zero-order valence-electron chi connectivity index (χ0n) is 13.1. The Bertz CT molecular complexity index is 575. The van der Waals surface area contributed by atoms with E-state index in [2.05, 4.69) is 90.5 Å². The van der Waals surface area contributed by atoms with E-state index in [-0.39, 0.29) is 5.54 Å². The molecule has 21 heavy (non-hydrogen) atoms. The molecule has 0 aliphatic heterocycles. The lowest BCUT2D eigenvalue weighted by molar-refractivity contribution is 0.360. The fraction of sp³-hybridized carbons (Fsp3) is 0.368. The largest absolute Gasteiger partial charge is 0.308 e. The van der Waals surface area contributed by atoms with Crippen molar-refractivity contribution in [1.82, 2.24) is 5.32 Å². The van der Waals surface area contributed by atoms with Crippen LogP contribution in [-0.2, 0) is 13.0 Å². The molecule has 0 aromatic heterocycles. The van der Waals surface area contributed by atoms with Gasteiger partial charge in [0, 0.05) is 16.6 Å². The maximum absolute atomic E-state index is 3.68. The molecule has 2 aromatic rings. The van der Waals surface area contributed by atoms with Gasteiger partial charge in [0.25, 0.3) is 0 Å². The van der Waals surface area contributed by atoms with Crippen LogP contribution < -0.4 is 5.32 Å². The Balaban J connectivity index is 1.88. The van der Waals surface area contributed by atoms with Gasteiger partial charge in [0.1, 0.15) is 0 Å². The van der Waals surface area contributed by atoms with Crippen molar-refractivity contribution in [3.05, 3.63) is 69.7 Å². The number of hydrogen-bond donors (Lipinski definition) is 1. The molecule has 0 unspecified atom stereocenters. The van der Waals surface area contributed by atoms with Crippen LogP contribution in [0.4, 0.5) is 0 Å². The van der Waals surface area contributed by atoms with Crippen LogP contribution in [0.25, 0.3) is 0 Å². The standard InChI is InChI=1S/C19H24BrN/c1-15-9-10-17(18(20)13-15)14-21-19(2,3)12-11-16-7-5-4-6-8-16/h4-10,13,21H,11-12,14H2,1-3H3. The van der Waals surface area contributed by atoms with Crippen LogP contribution in [0.5, 0.6) is 0 Å². The second kappa shape index (κ2) is 7.24. The number of nitrogens with one attached hydrogen (secondary N) is 1. The molecule has 0 aliphatic rings. The van der Waals surface area contributed by atoms with Gasteiger partial charge < -0.3 is 5.32 Å². The smallest absolute Gasteiger partial charge is 0.0222 e. The van der Waals surface area contributed by atoms with Crippen LogP contribution in [0.3, 0.4) is 0 Å². The first kappa shape index (κ1) is 16.3. The van der Waals surface area contributed by atoms with Gasteiger partial charge in [-0.25, -0.2) is 0 Å². The molecule has 0 fully saturated rings. The molecule has 0 heterocycles. The van der Waals surface area contributed by atoms with Gasteiger partial charge in [-0.05, 0) is 56.4 Å². The number of rotatable bonds is 6. The summed E-state index contributed by atoms with van der Waals surface area (Å²) in [5, 5.41) is 3.68. The van der Waals surface area contributed by atoms with E-state index in [9.17, 15) is 0 Å². The highest BCUT2D eigenvalue weighted by molar-refractivity contribution is 9.10. The van der Waals surface area contributed by atoms with Gasteiger partial charge in [0.2, 0.25) is 0 Å². The highest BCUT2D eigenvalue weighted by Gasteiger charge is 2.17. The van der Waals surface area contributed by atoms with E-state index in [0.717, 1.165) is 19.4 Å². The molecule has 1 N–H and O–H groups in total. The van der Waals surface area contributed by atoms with Gasteiger partial charge in [-0.1, -0.05) is 58.4 Å². The molecule has 112 valence electrons. The lowest BCUT2D eigenvalue weighted by Gasteiger charge is -2.27. The Morgan fingerprint density at radius 2 is 1.76 bits per heavy atom. The lowest BCUT2D eigenvalue weighted by atomic mass is 9.95. The predicted octanol–water partition coefficient (Wildman–Crippen LogP) is 5.26. The summed E-state index contributed by atoms with van der Waals surface area (Å²) in [6.07, 6.45) is 2.23. The normalized spacial score (nSPS) is 11.6. The molecule has 1 nitrogen and oxygen atoms in total. The van der Waals surface area contributed by atoms with Crippen molar-refractivity contribution >= 4 is 15.9 Å². The Morgan fingerprint density at radius 1 is 1.05 bits per heavy atom. The maximum Gasteiger partial charge on any atom is 0.0222 e. The van der Waals surface area contributed by atoms with Gasteiger partial charge in [-0.2, -0.15) is 0 Å². The average Bonchev–Trinajstić information content (AvgIpc) is 2.45. The molecule has 0 spiro atoms. The van der Waals surface area contributed by atoms with Crippen molar-refractivity contribution in [2.75, 3.05) is 0 Å². The monoisotopic (exact) mass is 345 g/mol. The van der Waals surface area contributed by atoms with E-state index in [1.54, 1.807) is 0 Å². The third-order valence-corrected chi connectivity index (χ3v) is 4.59. The minimum atomic E-state index is 0.125. The summed E-state index contributed by atoms with van der Waals surface area (Å²) in [6, 6.07) is 17.2. The van der Waals surface area contributed by atoms with Gasteiger partial charge in [0.05, 0.1) is 0 Å². The molecule has 0 aliphatic carbocycles. The van der Waals surface area contributed by atoms with Crippen molar-refractivity contribution < 1.29 is 0 Å². The third-order valence-electron chi connectivity index (χ3n) is 3.85. The van der Waals surface area contributed by atoms with E-state index < -0.39 is 0 Å². The fourth-order valence-corrected chi connectivity index (χ4v) is 2.95. The van der Waals surface area contributed by atoms with Crippen molar-refractivity contribution in [2.45, 2.75) is 45.7 Å². The summed E-state index contributed by atoms with van der Waals surface area (Å²) in [6.45, 7) is 7.56. The molecule has 0 bridgehead atoms. The van der Waals surface area contributed by atoms with E-state index >= 15 is 0 Å². The van der Waals surface area contributed by atoms with Crippen molar-refractivity contribution in [1.29, 1.82) is 0 Å². The number of aryl methyl sites for hydroxylation is 2. The first-order valence-corrected chi connectivity index (χ1v) is 8.29. The highest BCUT2D eigenvalue weighted by atomic mass is 79.9. The number of benzene rings is 2. The molecule has 2 rings (SSSR count). The Morgan fingerprint density at radius 3 is 2.43 bits per heavy atom. The molecule has 0 saturated heterocycles. The van der Waals surface area contributed by atoms with Gasteiger partial charge in [0.15, 0.2) is 0 Å². The first-order valence-electron chi connectivity index (χ1n) is 7.50. The molecule has 0 saturated carbocycles. The molecule has 2 aromatic carbocycles. The summed E-state index contributed by atoms with van der Waals surface area (Å²) >= 11 is 3.65. The van der Waals surface area contributed by atoms with Gasteiger partial charge >= 0.3 is 0 Å². The van der Waals surface area contributed by atoms with Crippen LogP contribution >= 0.6 is 15.9 Å². The van der Waals surface area contributed by atoms with Crippen LogP contribution in [0.1, 0.15) is 37.0 Å². The minimum absolute atomic E-state index is 0.125. The van der Waals surface area contributed by atoms with Crippen LogP contribution in [0.15, 0.2) is 53.0 Å². The Kier molecular flexibility index (Phi) is 5.60. The van der Waals surface area contributed by atoms with E-state index in [1.165, 1.54) is 21.2 Å². The van der Waals surface area contributed by atoms with Crippen molar-refractivity contribution in [3.63, 3.8) is 0 Å². The summed E-state index contributed by atoms with van der Waals surface area (Å²) in [7, 11) is 0. The van der Waals surface area contributed by atoms with E-state index in [4.69, 9.17) is 0 Å². The van der Waals surface area contributed by atoms with Crippen LogP contribution in [-0.4, -0.2) is 5.54 Å². The quantitative estimate of drug-likeness (QED) is 0.752. The highest BCUT2D eigenvalue weighted by Crippen LogP contribution is 2.20. The molecular weight excluding hydrogens is 322 g/mol. The number of halogens is 1. The minimum Gasteiger partial charge on any atom is -0.308 e. The summed E-state index contributed by atoms with van der Waals surface area (Å²) < 4.78 is 1.19. The predicted molar refractivity (Wildman–Crippen MR) is 94.6 cm³/mol. The molecular formula is C19H24BrN. The zero-order chi connectivity index (χ0) is 15.3. The second-order valence-corrected chi connectivity index (χ2v) is 7.17. The van der Waals surface area contributed by atoms with Crippen molar-refractivity contribution in [3.8, 4) is 0 Å². The van der Waals surface area contributed by atoms with Gasteiger partial charge in [-0.15, -0.1) is 0 Å². The molecule has 2 heteroatoms. The average molecular weight is 346 g/mol. The van der Waals surface area contributed by atoms with Crippen LogP contribution in [0.2, 0.25) is 0 Å². The maximum atomic E-state index is 3.68. The number of hydrogen-bond acceptors (Lipinski definition) is 1. The topological polar surface area (TPSA) is 12.0 Å². The zero-order valence-corrected chi connectivity index (χ0v) is 14.7. The summed E-state index contributed by atoms with van der Waals surface area (Å²) in [5.41, 5.74) is 4.13. The first-order chi connectivity index (χ1) is 9.96. The van der Waals surface area contributed by atoms with E-state index in [1.807, 2.05) is 0 Å². The van der Waals surface area contributed by atoms with Crippen molar-refractivity contribution in [2.24, 2.45) is 0 Å². The second-order valence-electron chi connectivity index (χ2n) is 6.32. The van der Waals surface area contributed by atoms with Gasteiger partial charge in [-0.3, -0.25) is 0 Å². The van der Waals surface area contributed by atoms with Crippen LogP contribution in [0, 0.1) is 6.92 Å². The van der Waals surface area contributed by atoms with E-state index in [0.29, 0.717) is 0 Å². The molecule has 0 radical (unpaired) electrons. The molecule has 0 atom stereocenters. The summed E-state index contributed by atoms with van der Waals surface area (Å²) in [4.78, 5) is 0. The SMILES string of the molecule is Cc1ccc(CNC(C)(C)CCc2ccccc2)c(Br)c1. The Labute approximate surface area is 136 Å². The molecule has 0 amide bonds. The third kappa shape index (κ3) is 5.29. The fourth-order valence-electron chi connectivity index (χ4n) is 2.32. The summed E-state index contributed by atoms with van der Waals surface area (Å²) in [5.74, 6) is 0. The lowest BCUT2D eigenvalue weighted by Crippen LogP contribution is -2.39. The Hall–Kier alpha value is -1.12.